The van der Waals surface area contributed by atoms with Gasteiger partial charge in [0.05, 0.1) is 6.54 Å². The molecule has 6 nitrogen and oxygen atoms in total. The van der Waals surface area contributed by atoms with E-state index in [1.807, 2.05) is 6.07 Å². The number of nitrogens with zero attached hydrogens (tertiary/aromatic N) is 4. The summed E-state index contributed by atoms with van der Waals surface area (Å²) in [5.41, 5.74) is 0.826. The maximum absolute atomic E-state index is 12.7. The van der Waals surface area contributed by atoms with E-state index in [0.717, 1.165) is 5.56 Å². The zero-order valence-corrected chi connectivity index (χ0v) is 10.6. The first kappa shape index (κ1) is 13.7. The van der Waals surface area contributed by atoms with Crippen molar-refractivity contribution in [2.45, 2.75) is 19.5 Å². The van der Waals surface area contributed by atoms with Crippen molar-refractivity contribution in [1.29, 1.82) is 5.26 Å². The van der Waals surface area contributed by atoms with Crippen LogP contribution in [-0.4, -0.2) is 20.7 Å². The first-order valence-corrected chi connectivity index (χ1v) is 5.98. The first-order valence-electron chi connectivity index (χ1n) is 5.98. The van der Waals surface area contributed by atoms with Crippen LogP contribution in [0.25, 0.3) is 0 Å². The topological polar surface area (TPSA) is 83.6 Å². The number of hydrogen-bond donors (Lipinski definition) is 1. The minimum absolute atomic E-state index is 0.0803. The highest BCUT2D eigenvalue weighted by atomic mass is 19.1. The average molecular weight is 273 g/mol. The summed E-state index contributed by atoms with van der Waals surface area (Å²) in [5, 5.41) is 15.1. The quantitative estimate of drug-likeness (QED) is 0.880. The molecule has 0 unspecified atom stereocenters. The molecule has 1 amide bonds. The van der Waals surface area contributed by atoms with Crippen LogP contribution in [0.2, 0.25) is 0 Å². The van der Waals surface area contributed by atoms with Gasteiger partial charge < -0.3 is 5.32 Å². The van der Waals surface area contributed by atoms with Gasteiger partial charge in [-0.1, -0.05) is 12.1 Å². The number of hydrogen-bond acceptors (Lipinski definition) is 4. The molecule has 1 heterocycles. The third-order valence-electron chi connectivity index (χ3n) is 2.61. The highest BCUT2D eigenvalue weighted by Gasteiger charge is 2.04. The predicted octanol–water partition coefficient (Wildman–Crippen LogP) is 0.995. The number of rotatable bonds is 5. The molecule has 102 valence electrons. The molecule has 7 heteroatoms. The van der Waals surface area contributed by atoms with Crippen LogP contribution in [0.5, 0.6) is 0 Å². The van der Waals surface area contributed by atoms with E-state index in [1.165, 1.54) is 23.1 Å². The molecule has 0 saturated heterocycles. The fourth-order valence-corrected chi connectivity index (χ4v) is 1.56. The van der Waals surface area contributed by atoms with Gasteiger partial charge in [0.2, 0.25) is 5.91 Å². The van der Waals surface area contributed by atoms with Crippen LogP contribution < -0.4 is 5.32 Å². The molecule has 1 aromatic heterocycles. The minimum Gasteiger partial charge on any atom is -0.352 e. The third-order valence-corrected chi connectivity index (χ3v) is 2.61. The van der Waals surface area contributed by atoms with E-state index in [1.54, 1.807) is 12.1 Å². The van der Waals surface area contributed by atoms with Gasteiger partial charge in [0, 0.05) is 13.0 Å². The van der Waals surface area contributed by atoms with Crippen molar-refractivity contribution in [3.63, 3.8) is 0 Å². The van der Waals surface area contributed by atoms with E-state index in [9.17, 15) is 9.18 Å². The number of carbonyl (C=O) groups is 1. The lowest BCUT2D eigenvalue weighted by atomic mass is 10.2. The number of carbonyl (C=O) groups excluding carboxylic acids is 1. The number of amides is 1. The fourth-order valence-electron chi connectivity index (χ4n) is 1.56. The van der Waals surface area contributed by atoms with E-state index >= 15 is 0 Å². The number of nitriles is 1. The zero-order chi connectivity index (χ0) is 14.4. The second-order valence-corrected chi connectivity index (χ2v) is 4.10. The smallest absolute Gasteiger partial charge is 0.252 e. The Kier molecular flexibility index (Phi) is 4.39. The summed E-state index contributed by atoms with van der Waals surface area (Å²) in [4.78, 5) is 15.4. The molecule has 0 bridgehead atoms. The van der Waals surface area contributed by atoms with Crippen molar-refractivity contribution < 1.29 is 9.18 Å². The van der Waals surface area contributed by atoms with Crippen LogP contribution in [0.4, 0.5) is 4.39 Å². The highest BCUT2D eigenvalue weighted by Crippen LogP contribution is 2.02. The van der Waals surface area contributed by atoms with Crippen LogP contribution in [0.3, 0.4) is 0 Å². The van der Waals surface area contributed by atoms with E-state index in [0.29, 0.717) is 13.1 Å². The summed E-state index contributed by atoms with van der Waals surface area (Å²) in [6.45, 7) is 0.698. The van der Waals surface area contributed by atoms with E-state index in [4.69, 9.17) is 5.26 Å². The zero-order valence-electron chi connectivity index (χ0n) is 10.6. The molecule has 2 rings (SSSR count). The van der Waals surface area contributed by atoms with Crippen LogP contribution >= 0.6 is 0 Å². The van der Waals surface area contributed by atoms with E-state index in [-0.39, 0.29) is 24.0 Å². The molecule has 0 aliphatic heterocycles. The first-order chi connectivity index (χ1) is 9.67. The number of halogens is 1. The Hall–Kier alpha value is -2.75. The molecular weight excluding hydrogens is 261 g/mol. The lowest BCUT2D eigenvalue weighted by Crippen LogP contribution is -2.24. The van der Waals surface area contributed by atoms with Crippen LogP contribution in [0.1, 0.15) is 17.8 Å². The van der Waals surface area contributed by atoms with E-state index in [2.05, 4.69) is 15.4 Å². The van der Waals surface area contributed by atoms with Crippen molar-refractivity contribution >= 4 is 5.91 Å². The highest BCUT2D eigenvalue weighted by molar-refractivity contribution is 5.75. The van der Waals surface area contributed by atoms with Gasteiger partial charge >= 0.3 is 0 Å². The second-order valence-electron chi connectivity index (χ2n) is 4.10. The van der Waals surface area contributed by atoms with Crippen molar-refractivity contribution in [3.8, 4) is 6.07 Å². The molecule has 0 fully saturated rings. The van der Waals surface area contributed by atoms with Gasteiger partial charge in [-0.15, -0.1) is 5.10 Å². The number of nitrogens with one attached hydrogen (secondary N) is 1. The minimum atomic E-state index is -0.306. The summed E-state index contributed by atoms with van der Waals surface area (Å²) in [6.07, 6.45) is 1.64. The largest absolute Gasteiger partial charge is 0.352 e. The molecule has 0 aliphatic carbocycles. The van der Waals surface area contributed by atoms with Crippen molar-refractivity contribution in [3.05, 3.63) is 47.8 Å². The molecule has 0 saturated carbocycles. The summed E-state index contributed by atoms with van der Waals surface area (Å²) in [5.74, 6) is -0.375. The molecule has 0 spiro atoms. The molecule has 0 atom stereocenters. The van der Waals surface area contributed by atoms with Gasteiger partial charge in [0.15, 0.2) is 0 Å². The Bertz CT molecular complexity index is 629. The van der Waals surface area contributed by atoms with Crippen LogP contribution in [0, 0.1) is 17.1 Å². The van der Waals surface area contributed by atoms with Crippen molar-refractivity contribution in [2.75, 3.05) is 0 Å². The summed E-state index contributed by atoms with van der Waals surface area (Å²) < 4.78 is 14.1. The summed E-state index contributed by atoms with van der Waals surface area (Å²) in [7, 11) is 0. The second kappa shape index (κ2) is 6.43. The van der Waals surface area contributed by atoms with Gasteiger partial charge in [-0.2, -0.15) is 5.26 Å². The monoisotopic (exact) mass is 273 g/mol. The lowest BCUT2D eigenvalue weighted by molar-refractivity contribution is -0.121. The fraction of sp³-hybridized carbons (Fsp3) is 0.231. The number of aryl methyl sites for hydroxylation is 1. The molecule has 0 radical (unpaired) electrons. The van der Waals surface area contributed by atoms with Crippen molar-refractivity contribution in [1.82, 2.24) is 20.1 Å². The maximum atomic E-state index is 12.7. The maximum Gasteiger partial charge on any atom is 0.252 e. The normalized spacial score (nSPS) is 10.0. The van der Waals surface area contributed by atoms with Gasteiger partial charge in [-0.3, -0.25) is 9.48 Å². The number of aromatic nitrogens is 3. The van der Waals surface area contributed by atoms with Gasteiger partial charge in [0.25, 0.3) is 5.82 Å². The Morgan fingerprint density at radius 3 is 2.80 bits per heavy atom. The summed E-state index contributed by atoms with van der Waals surface area (Å²) >= 11 is 0. The Morgan fingerprint density at radius 2 is 2.15 bits per heavy atom. The Labute approximate surface area is 114 Å². The third kappa shape index (κ3) is 3.88. The van der Waals surface area contributed by atoms with Crippen molar-refractivity contribution in [2.24, 2.45) is 0 Å². The van der Waals surface area contributed by atoms with Gasteiger partial charge in [0.1, 0.15) is 18.2 Å². The van der Waals surface area contributed by atoms with Crippen LogP contribution in [-0.2, 0) is 17.9 Å². The van der Waals surface area contributed by atoms with Gasteiger partial charge in [-0.05, 0) is 17.7 Å². The Morgan fingerprint density at radius 1 is 1.40 bits per heavy atom. The van der Waals surface area contributed by atoms with Gasteiger partial charge in [-0.25, -0.2) is 9.37 Å². The lowest BCUT2D eigenvalue weighted by Gasteiger charge is -2.05. The molecule has 1 aromatic carbocycles. The molecular formula is C13H12FN5O. The molecule has 0 aliphatic rings. The molecule has 2 aromatic rings. The summed E-state index contributed by atoms with van der Waals surface area (Å²) in [6, 6.07) is 7.74. The average Bonchev–Trinajstić information content (AvgIpc) is 2.92. The Balaban J connectivity index is 1.75. The number of benzene rings is 1. The van der Waals surface area contributed by atoms with Crippen LogP contribution in [0.15, 0.2) is 30.6 Å². The standard InChI is InChI=1S/C13H12FN5O/c14-11-3-1-10(2-4-11)8-16-13(20)5-6-19-9-17-12(7-15)18-19/h1-4,9H,5-6,8H2,(H,16,20). The molecule has 1 N–H and O–H groups in total. The van der Waals surface area contributed by atoms with E-state index < -0.39 is 0 Å². The molecule has 20 heavy (non-hydrogen) atoms. The SMILES string of the molecule is N#Cc1ncn(CCC(=O)NCc2ccc(F)cc2)n1. The predicted molar refractivity (Wildman–Crippen MR) is 67.6 cm³/mol.